The van der Waals surface area contributed by atoms with Crippen molar-refractivity contribution in [2.75, 3.05) is 5.32 Å². The molecule has 2 aromatic carbocycles. The Morgan fingerprint density at radius 3 is 2.55 bits per heavy atom. The lowest BCUT2D eigenvalue weighted by molar-refractivity contribution is -0.141. The SMILES string of the molecule is O=C(Cn1nnc2ccccc21)Nc1ccc(-n2nc(C(F)(F)F)cc2C2CC2)cc1. The fourth-order valence-corrected chi connectivity index (χ4v) is 3.47. The van der Waals surface area contributed by atoms with Crippen LogP contribution in [0.4, 0.5) is 18.9 Å². The van der Waals surface area contributed by atoms with E-state index < -0.39 is 11.9 Å². The van der Waals surface area contributed by atoms with Crippen LogP contribution in [-0.4, -0.2) is 30.7 Å². The molecule has 4 aromatic rings. The van der Waals surface area contributed by atoms with Crippen molar-refractivity contribution in [1.82, 2.24) is 24.8 Å². The number of benzene rings is 2. The van der Waals surface area contributed by atoms with Crippen LogP contribution < -0.4 is 5.32 Å². The van der Waals surface area contributed by atoms with Crippen LogP contribution in [0.15, 0.2) is 54.6 Å². The molecule has 31 heavy (non-hydrogen) atoms. The highest BCUT2D eigenvalue weighted by Gasteiger charge is 2.38. The zero-order valence-corrected chi connectivity index (χ0v) is 16.2. The van der Waals surface area contributed by atoms with Crippen molar-refractivity contribution in [1.29, 1.82) is 0 Å². The molecule has 7 nitrogen and oxygen atoms in total. The predicted octanol–water partition coefficient (Wildman–Crippen LogP) is 4.15. The fraction of sp³-hybridized carbons (Fsp3) is 0.238. The number of carbonyl (C=O) groups is 1. The third-order valence-electron chi connectivity index (χ3n) is 5.13. The number of hydrogen-bond donors (Lipinski definition) is 1. The smallest absolute Gasteiger partial charge is 0.324 e. The molecule has 0 bridgehead atoms. The summed E-state index contributed by atoms with van der Waals surface area (Å²) in [6, 6.07) is 15.0. The van der Waals surface area contributed by atoms with E-state index in [0.29, 0.717) is 22.6 Å². The van der Waals surface area contributed by atoms with E-state index in [9.17, 15) is 18.0 Å². The Kier molecular flexibility index (Phi) is 4.49. The molecular weight excluding hydrogens is 409 g/mol. The molecule has 5 rings (SSSR count). The quantitative estimate of drug-likeness (QED) is 0.520. The lowest BCUT2D eigenvalue weighted by Gasteiger charge is -2.09. The van der Waals surface area contributed by atoms with Crippen LogP contribution in [0.3, 0.4) is 0 Å². The summed E-state index contributed by atoms with van der Waals surface area (Å²) in [7, 11) is 0. The van der Waals surface area contributed by atoms with E-state index in [-0.39, 0.29) is 18.4 Å². The maximum Gasteiger partial charge on any atom is 0.435 e. The number of amides is 1. The molecule has 0 radical (unpaired) electrons. The molecular formula is C21H17F3N6O. The number of fused-ring (bicyclic) bond motifs is 1. The molecule has 158 valence electrons. The Labute approximate surface area is 174 Å². The maximum absolute atomic E-state index is 13.1. The van der Waals surface area contributed by atoms with Crippen molar-refractivity contribution in [3.63, 3.8) is 0 Å². The van der Waals surface area contributed by atoms with Crippen LogP contribution in [0.25, 0.3) is 16.7 Å². The molecule has 2 heterocycles. The van der Waals surface area contributed by atoms with Crippen LogP contribution in [0.5, 0.6) is 0 Å². The van der Waals surface area contributed by atoms with Crippen LogP contribution in [0.1, 0.15) is 30.1 Å². The lowest BCUT2D eigenvalue weighted by Crippen LogP contribution is -2.19. The van der Waals surface area contributed by atoms with Gasteiger partial charge in [-0.05, 0) is 55.3 Å². The van der Waals surface area contributed by atoms with Crippen LogP contribution in [0, 0.1) is 0 Å². The summed E-state index contributed by atoms with van der Waals surface area (Å²) in [4.78, 5) is 12.4. The summed E-state index contributed by atoms with van der Waals surface area (Å²) in [5, 5.41) is 14.5. The van der Waals surface area contributed by atoms with Gasteiger partial charge in [-0.25, -0.2) is 9.36 Å². The van der Waals surface area contributed by atoms with Gasteiger partial charge in [-0.15, -0.1) is 5.10 Å². The van der Waals surface area contributed by atoms with Gasteiger partial charge >= 0.3 is 6.18 Å². The van der Waals surface area contributed by atoms with E-state index in [4.69, 9.17) is 0 Å². The Morgan fingerprint density at radius 1 is 1.10 bits per heavy atom. The molecule has 1 saturated carbocycles. The summed E-state index contributed by atoms with van der Waals surface area (Å²) in [5.74, 6) is -0.194. The van der Waals surface area contributed by atoms with Gasteiger partial charge in [0.25, 0.3) is 0 Å². The zero-order valence-electron chi connectivity index (χ0n) is 16.2. The second-order valence-electron chi connectivity index (χ2n) is 7.47. The highest BCUT2D eigenvalue weighted by atomic mass is 19.4. The summed E-state index contributed by atoms with van der Waals surface area (Å²) in [5.41, 5.74) is 2.14. The highest BCUT2D eigenvalue weighted by Crippen LogP contribution is 2.43. The Bertz CT molecular complexity index is 1250. The number of nitrogens with zero attached hydrogens (tertiary/aromatic N) is 5. The molecule has 2 aromatic heterocycles. The molecule has 10 heteroatoms. The number of alkyl halides is 3. The van der Waals surface area contributed by atoms with E-state index in [1.54, 1.807) is 24.3 Å². The number of rotatable bonds is 5. The zero-order chi connectivity index (χ0) is 21.6. The molecule has 1 amide bonds. The average Bonchev–Trinajstić information content (AvgIpc) is 3.35. The maximum atomic E-state index is 13.1. The number of carbonyl (C=O) groups excluding carboxylic acids is 1. The number of halogens is 3. The second kappa shape index (κ2) is 7.22. The third-order valence-corrected chi connectivity index (χ3v) is 5.13. The van der Waals surface area contributed by atoms with E-state index in [1.165, 1.54) is 9.36 Å². The summed E-state index contributed by atoms with van der Waals surface area (Å²) >= 11 is 0. The first-order chi connectivity index (χ1) is 14.9. The predicted molar refractivity (Wildman–Crippen MR) is 107 cm³/mol. The molecule has 0 spiro atoms. The minimum Gasteiger partial charge on any atom is -0.324 e. The normalized spacial score (nSPS) is 14.2. The Morgan fingerprint density at radius 2 is 1.84 bits per heavy atom. The first-order valence-electron chi connectivity index (χ1n) is 9.74. The lowest BCUT2D eigenvalue weighted by atomic mass is 10.2. The van der Waals surface area contributed by atoms with E-state index in [2.05, 4.69) is 20.7 Å². The number of anilines is 1. The molecule has 1 N–H and O–H groups in total. The van der Waals surface area contributed by atoms with E-state index in [0.717, 1.165) is 24.4 Å². The van der Waals surface area contributed by atoms with Crippen molar-refractivity contribution >= 4 is 22.6 Å². The van der Waals surface area contributed by atoms with Crippen molar-refractivity contribution < 1.29 is 18.0 Å². The minimum absolute atomic E-state index is 0.0117. The largest absolute Gasteiger partial charge is 0.435 e. The number of hydrogen-bond acceptors (Lipinski definition) is 4. The molecule has 0 atom stereocenters. The van der Waals surface area contributed by atoms with Crippen LogP contribution >= 0.6 is 0 Å². The average molecular weight is 426 g/mol. The van der Waals surface area contributed by atoms with Gasteiger partial charge in [0, 0.05) is 17.3 Å². The van der Waals surface area contributed by atoms with Gasteiger partial charge in [-0.3, -0.25) is 4.79 Å². The molecule has 1 fully saturated rings. The summed E-state index contributed by atoms with van der Waals surface area (Å²) < 4.78 is 42.2. The molecule has 1 aliphatic carbocycles. The minimum atomic E-state index is -4.49. The van der Waals surface area contributed by atoms with Crippen molar-refractivity contribution in [2.24, 2.45) is 0 Å². The Hall–Kier alpha value is -3.69. The molecule has 0 unspecified atom stereocenters. The number of aromatic nitrogens is 5. The van der Waals surface area contributed by atoms with E-state index >= 15 is 0 Å². The molecule has 0 aliphatic heterocycles. The van der Waals surface area contributed by atoms with Crippen LogP contribution in [-0.2, 0) is 17.5 Å². The second-order valence-corrected chi connectivity index (χ2v) is 7.47. The number of nitrogens with one attached hydrogen (secondary N) is 1. The number of para-hydroxylation sites is 1. The molecule has 1 aliphatic rings. The Balaban J connectivity index is 1.32. The molecule has 0 saturated heterocycles. The van der Waals surface area contributed by atoms with Gasteiger partial charge in [0.1, 0.15) is 12.1 Å². The van der Waals surface area contributed by atoms with Crippen LogP contribution in [0.2, 0.25) is 0 Å². The summed E-state index contributed by atoms with van der Waals surface area (Å²) in [6.45, 7) is -0.0117. The summed E-state index contributed by atoms with van der Waals surface area (Å²) in [6.07, 6.45) is -2.78. The van der Waals surface area contributed by atoms with Gasteiger partial charge < -0.3 is 5.32 Å². The van der Waals surface area contributed by atoms with Crippen molar-refractivity contribution in [3.05, 3.63) is 66.0 Å². The van der Waals surface area contributed by atoms with Gasteiger partial charge in [0.15, 0.2) is 5.69 Å². The van der Waals surface area contributed by atoms with Gasteiger partial charge in [-0.2, -0.15) is 18.3 Å². The highest BCUT2D eigenvalue weighted by molar-refractivity contribution is 5.91. The van der Waals surface area contributed by atoms with Crippen molar-refractivity contribution in [3.8, 4) is 5.69 Å². The van der Waals surface area contributed by atoms with Gasteiger partial charge in [0.2, 0.25) is 5.91 Å². The first-order valence-corrected chi connectivity index (χ1v) is 9.74. The fourth-order valence-electron chi connectivity index (χ4n) is 3.47. The topological polar surface area (TPSA) is 77.6 Å². The van der Waals surface area contributed by atoms with E-state index in [1.807, 2.05) is 24.3 Å². The first kappa shape index (κ1) is 19.3. The third kappa shape index (κ3) is 3.88. The van der Waals surface area contributed by atoms with Gasteiger partial charge in [-0.1, -0.05) is 17.3 Å². The monoisotopic (exact) mass is 426 g/mol. The van der Waals surface area contributed by atoms with Gasteiger partial charge in [0.05, 0.1) is 11.2 Å². The standard InChI is InChI=1S/C21H17F3N6O/c22-21(23,24)19-11-18(13-5-6-13)30(27-19)15-9-7-14(8-10-15)25-20(31)12-29-17-4-2-1-3-16(17)26-28-29/h1-4,7-11,13H,5-6,12H2,(H,25,31). The van der Waals surface area contributed by atoms with Crippen molar-refractivity contribution in [2.45, 2.75) is 31.5 Å².